The molecule has 0 aliphatic heterocycles. The lowest BCUT2D eigenvalue weighted by Gasteiger charge is -2.21. The Kier molecular flexibility index (Phi) is 7.47. The minimum atomic E-state index is -1.74. The van der Waals surface area contributed by atoms with Crippen LogP contribution in [0.25, 0.3) is 0 Å². The van der Waals surface area contributed by atoms with E-state index in [0.29, 0.717) is 6.04 Å². The fourth-order valence-electron chi connectivity index (χ4n) is 0.790. The van der Waals surface area contributed by atoms with E-state index in [1.165, 1.54) is 0 Å². The summed E-state index contributed by atoms with van der Waals surface area (Å²) in [7, 11) is -1.74. The number of alkyl halides is 1. The van der Waals surface area contributed by atoms with Gasteiger partial charge in [0, 0.05) is 10.9 Å². The van der Waals surface area contributed by atoms with Crippen LogP contribution < -0.4 is 0 Å². The molecule has 0 spiro atoms. The van der Waals surface area contributed by atoms with Crippen molar-refractivity contribution < 1.29 is 9.53 Å². The highest BCUT2D eigenvalue weighted by molar-refractivity contribution is 9.09. The number of esters is 1. The molecule has 0 aromatic carbocycles. The smallest absolute Gasteiger partial charge is 0.308 e. The van der Waals surface area contributed by atoms with Crippen LogP contribution in [0.5, 0.6) is 0 Å². The fourth-order valence-corrected chi connectivity index (χ4v) is 3.42. The molecule has 0 saturated heterocycles. The van der Waals surface area contributed by atoms with Crippen LogP contribution in [0, 0.1) is 5.92 Å². The SMILES string of the molecule is CC(C)C(=O)OC(C[SiH](Cl)Cl)C(C)Br. The predicted molar refractivity (Wildman–Crippen MR) is 66.8 cm³/mol. The van der Waals surface area contributed by atoms with Gasteiger partial charge in [-0.1, -0.05) is 29.8 Å². The van der Waals surface area contributed by atoms with Crippen LogP contribution in [0.1, 0.15) is 20.8 Å². The lowest BCUT2D eigenvalue weighted by Crippen LogP contribution is -2.29. The molecule has 0 amide bonds. The van der Waals surface area contributed by atoms with Crippen molar-refractivity contribution in [2.45, 2.75) is 37.7 Å². The highest BCUT2D eigenvalue weighted by atomic mass is 79.9. The standard InChI is InChI=1S/C8H15BrCl2O2Si/c1-5(2)8(12)13-7(6(3)9)4-14(10)11/h5-7,14H,4H2,1-3H3. The van der Waals surface area contributed by atoms with Gasteiger partial charge in [-0.2, -0.15) is 22.2 Å². The van der Waals surface area contributed by atoms with Gasteiger partial charge in [0.1, 0.15) is 6.10 Å². The van der Waals surface area contributed by atoms with E-state index < -0.39 is 7.42 Å². The largest absolute Gasteiger partial charge is 0.461 e. The normalized spacial score (nSPS) is 15.7. The molecule has 0 bridgehead atoms. The van der Waals surface area contributed by atoms with Gasteiger partial charge in [-0.3, -0.25) is 4.79 Å². The van der Waals surface area contributed by atoms with E-state index in [4.69, 9.17) is 26.9 Å². The quantitative estimate of drug-likeness (QED) is 0.337. The Bertz CT molecular complexity index is 188. The van der Waals surface area contributed by atoms with Gasteiger partial charge in [0.05, 0.1) is 5.92 Å². The third kappa shape index (κ3) is 6.27. The monoisotopic (exact) mass is 320 g/mol. The van der Waals surface area contributed by atoms with Gasteiger partial charge < -0.3 is 4.74 Å². The molecule has 6 heteroatoms. The maximum atomic E-state index is 11.3. The maximum Gasteiger partial charge on any atom is 0.308 e. The third-order valence-electron chi connectivity index (χ3n) is 1.66. The molecule has 14 heavy (non-hydrogen) atoms. The van der Waals surface area contributed by atoms with E-state index in [1.807, 2.05) is 6.92 Å². The molecule has 0 rings (SSSR count). The number of hydrogen-bond donors (Lipinski definition) is 0. The van der Waals surface area contributed by atoms with E-state index >= 15 is 0 Å². The summed E-state index contributed by atoms with van der Waals surface area (Å²) in [6.07, 6.45) is -0.212. The van der Waals surface area contributed by atoms with Crippen molar-refractivity contribution in [1.29, 1.82) is 0 Å². The first kappa shape index (κ1) is 14.7. The molecule has 0 radical (unpaired) electrons. The van der Waals surface area contributed by atoms with Crippen LogP contribution in [0.3, 0.4) is 0 Å². The minimum absolute atomic E-state index is 0.0812. The van der Waals surface area contributed by atoms with Crippen LogP contribution in [-0.2, 0) is 9.53 Å². The Labute approximate surface area is 104 Å². The minimum Gasteiger partial charge on any atom is -0.461 e. The second-order valence-electron chi connectivity index (χ2n) is 3.43. The fraction of sp³-hybridized carbons (Fsp3) is 0.875. The first-order chi connectivity index (χ1) is 6.34. The van der Waals surface area contributed by atoms with Crippen molar-refractivity contribution in [3.05, 3.63) is 0 Å². The first-order valence-corrected chi connectivity index (χ1v) is 9.69. The molecule has 0 saturated carbocycles. The van der Waals surface area contributed by atoms with Crippen LogP contribution in [0.2, 0.25) is 6.04 Å². The highest BCUT2D eigenvalue weighted by Gasteiger charge is 2.24. The van der Waals surface area contributed by atoms with Gasteiger partial charge in [-0.05, 0) is 6.92 Å². The molecule has 0 aliphatic rings. The zero-order valence-corrected chi connectivity index (χ0v) is 12.7. The van der Waals surface area contributed by atoms with Gasteiger partial charge >= 0.3 is 5.97 Å². The molecule has 2 unspecified atom stereocenters. The van der Waals surface area contributed by atoms with Crippen LogP contribution >= 0.6 is 38.1 Å². The van der Waals surface area contributed by atoms with Gasteiger partial charge in [-0.25, -0.2) is 0 Å². The second kappa shape index (κ2) is 7.09. The maximum absolute atomic E-state index is 11.3. The second-order valence-corrected chi connectivity index (χ2v) is 9.96. The first-order valence-electron chi connectivity index (χ1n) is 4.47. The molecule has 0 heterocycles. The van der Waals surface area contributed by atoms with Crippen molar-refractivity contribution in [2.24, 2.45) is 5.92 Å². The van der Waals surface area contributed by atoms with Gasteiger partial charge in [0.2, 0.25) is 7.42 Å². The number of hydrogen-bond acceptors (Lipinski definition) is 2. The van der Waals surface area contributed by atoms with Crippen molar-refractivity contribution in [1.82, 2.24) is 0 Å². The lowest BCUT2D eigenvalue weighted by atomic mass is 10.2. The summed E-state index contributed by atoms with van der Waals surface area (Å²) in [6.45, 7) is 5.52. The molecule has 0 N–H and O–H groups in total. The van der Waals surface area contributed by atoms with E-state index in [0.717, 1.165) is 0 Å². The topological polar surface area (TPSA) is 26.3 Å². The number of halogens is 3. The number of carbonyl (C=O) groups is 1. The number of rotatable bonds is 5. The van der Waals surface area contributed by atoms with E-state index in [1.54, 1.807) is 13.8 Å². The van der Waals surface area contributed by atoms with Crippen molar-refractivity contribution in [2.75, 3.05) is 0 Å². The zero-order chi connectivity index (χ0) is 11.3. The van der Waals surface area contributed by atoms with E-state index in [9.17, 15) is 4.79 Å². The summed E-state index contributed by atoms with van der Waals surface area (Å²) in [5.41, 5.74) is 0. The van der Waals surface area contributed by atoms with Crippen LogP contribution in [0.4, 0.5) is 0 Å². The molecule has 0 aliphatic carbocycles. The van der Waals surface area contributed by atoms with Crippen molar-refractivity contribution in [3.63, 3.8) is 0 Å². The van der Waals surface area contributed by atoms with Gasteiger partial charge in [0.25, 0.3) is 0 Å². The van der Waals surface area contributed by atoms with Crippen LogP contribution in [0.15, 0.2) is 0 Å². The van der Waals surface area contributed by atoms with Crippen molar-refractivity contribution in [3.8, 4) is 0 Å². The summed E-state index contributed by atoms with van der Waals surface area (Å²) in [6, 6.07) is 0.577. The summed E-state index contributed by atoms with van der Waals surface area (Å²) >= 11 is 14.9. The molecular weight excluding hydrogens is 307 g/mol. The molecule has 0 aromatic rings. The molecule has 2 nitrogen and oxygen atoms in total. The predicted octanol–water partition coefficient (Wildman–Crippen LogP) is 3.04. The number of carbonyl (C=O) groups excluding carboxylic acids is 1. The average molecular weight is 322 g/mol. The molecule has 0 aromatic heterocycles. The summed E-state index contributed by atoms with van der Waals surface area (Å²) in [4.78, 5) is 11.4. The Hall–Kier alpha value is 0.747. The Morgan fingerprint density at radius 3 is 2.21 bits per heavy atom. The molecule has 84 valence electrons. The van der Waals surface area contributed by atoms with Crippen molar-refractivity contribution >= 4 is 51.5 Å². The molecular formula is C8H15BrCl2O2Si. The van der Waals surface area contributed by atoms with E-state index in [-0.39, 0.29) is 22.8 Å². The van der Waals surface area contributed by atoms with Gasteiger partial charge in [0.15, 0.2) is 0 Å². The summed E-state index contributed by atoms with van der Waals surface area (Å²) in [5.74, 6) is -0.321. The lowest BCUT2D eigenvalue weighted by molar-refractivity contribution is -0.151. The Balaban J connectivity index is 4.16. The Morgan fingerprint density at radius 1 is 1.43 bits per heavy atom. The molecule has 2 atom stereocenters. The van der Waals surface area contributed by atoms with Crippen LogP contribution in [-0.4, -0.2) is 24.3 Å². The Morgan fingerprint density at radius 2 is 1.93 bits per heavy atom. The highest BCUT2D eigenvalue weighted by Crippen LogP contribution is 2.19. The average Bonchev–Trinajstić information content (AvgIpc) is 2.01. The number of ether oxygens (including phenoxy) is 1. The van der Waals surface area contributed by atoms with Gasteiger partial charge in [-0.15, -0.1) is 0 Å². The molecule has 0 fully saturated rings. The van der Waals surface area contributed by atoms with E-state index in [2.05, 4.69) is 15.9 Å². The zero-order valence-electron chi connectivity index (χ0n) is 8.47. The summed E-state index contributed by atoms with van der Waals surface area (Å²) < 4.78 is 5.26. The summed E-state index contributed by atoms with van der Waals surface area (Å²) in [5, 5.41) is 0. The third-order valence-corrected chi connectivity index (χ3v) is 4.14.